The van der Waals surface area contributed by atoms with Gasteiger partial charge in [0.1, 0.15) is 0 Å². The summed E-state index contributed by atoms with van der Waals surface area (Å²) in [5.74, 6) is 0.526. The van der Waals surface area contributed by atoms with E-state index in [1.165, 1.54) is 19.3 Å². The Morgan fingerprint density at radius 1 is 1.16 bits per heavy atom. The minimum Gasteiger partial charge on any atom is -0.376 e. The number of ether oxygens (including phenoxy) is 1. The van der Waals surface area contributed by atoms with Crippen LogP contribution >= 0.6 is 12.4 Å². The second-order valence-corrected chi connectivity index (χ2v) is 5.71. The van der Waals surface area contributed by atoms with Gasteiger partial charge in [-0.25, -0.2) is 0 Å². The molecule has 1 saturated heterocycles. The number of carbonyl (C=O) groups is 1. The molecule has 1 saturated carbocycles. The summed E-state index contributed by atoms with van der Waals surface area (Å²) in [6.07, 6.45) is 8.87. The van der Waals surface area contributed by atoms with Gasteiger partial charge < -0.3 is 15.8 Å². The van der Waals surface area contributed by atoms with Gasteiger partial charge in [-0.3, -0.25) is 4.79 Å². The molecule has 0 aromatic rings. The van der Waals surface area contributed by atoms with E-state index in [0.29, 0.717) is 18.9 Å². The molecule has 0 bridgehead atoms. The molecule has 4 nitrogen and oxygen atoms in total. The smallest absolute Gasteiger partial charge is 0.220 e. The molecular weight excluding hydrogens is 264 g/mol. The van der Waals surface area contributed by atoms with Crippen molar-refractivity contribution in [3.05, 3.63) is 0 Å². The van der Waals surface area contributed by atoms with Crippen molar-refractivity contribution >= 4 is 18.3 Å². The third kappa shape index (κ3) is 5.67. The van der Waals surface area contributed by atoms with Gasteiger partial charge in [-0.15, -0.1) is 12.4 Å². The number of nitrogens with two attached hydrogens (primary N) is 1. The van der Waals surface area contributed by atoms with Crippen LogP contribution in [0.25, 0.3) is 0 Å². The van der Waals surface area contributed by atoms with Crippen LogP contribution < -0.4 is 11.1 Å². The molecule has 0 aromatic heterocycles. The number of hydrogen-bond donors (Lipinski definition) is 2. The number of nitrogens with one attached hydrogen (secondary N) is 1. The maximum absolute atomic E-state index is 11.9. The Bertz CT molecular complexity index is 270. The van der Waals surface area contributed by atoms with Crippen molar-refractivity contribution in [3.8, 4) is 0 Å². The molecule has 1 amide bonds. The van der Waals surface area contributed by atoms with Crippen LogP contribution in [0.2, 0.25) is 0 Å². The number of hydrogen-bond acceptors (Lipinski definition) is 3. The fourth-order valence-electron chi connectivity index (χ4n) is 3.00. The molecule has 2 fully saturated rings. The minimum atomic E-state index is 0. The third-order valence-electron chi connectivity index (χ3n) is 4.22. The van der Waals surface area contributed by atoms with Gasteiger partial charge >= 0.3 is 0 Å². The number of halogens is 1. The highest BCUT2D eigenvalue weighted by Crippen LogP contribution is 2.25. The number of amides is 1. The fourth-order valence-corrected chi connectivity index (χ4v) is 3.00. The highest BCUT2D eigenvalue weighted by atomic mass is 35.5. The maximum Gasteiger partial charge on any atom is 0.220 e. The molecule has 0 radical (unpaired) electrons. The normalized spacial score (nSPS) is 31.3. The van der Waals surface area contributed by atoms with E-state index in [9.17, 15) is 4.79 Å². The first-order chi connectivity index (χ1) is 8.75. The summed E-state index contributed by atoms with van der Waals surface area (Å²) >= 11 is 0. The molecule has 1 aliphatic heterocycles. The van der Waals surface area contributed by atoms with Crippen LogP contribution in [0, 0.1) is 5.92 Å². The maximum atomic E-state index is 11.9. The number of rotatable bonds is 4. The van der Waals surface area contributed by atoms with E-state index in [2.05, 4.69) is 5.32 Å². The summed E-state index contributed by atoms with van der Waals surface area (Å²) < 4.78 is 5.60. The SMILES string of the molecule is Cl.NC1CCCCC1CC(=O)NCC1CCCCO1. The Hall–Kier alpha value is -0.320. The van der Waals surface area contributed by atoms with Gasteiger partial charge in [-0.05, 0) is 38.0 Å². The van der Waals surface area contributed by atoms with E-state index in [1.807, 2.05) is 0 Å². The van der Waals surface area contributed by atoms with Gasteiger partial charge in [-0.2, -0.15) is 0 Å². The number of carbonyl (C=O) groups excluding carboxylic acids is 1. The lowest BCUT2D eigenvalue weighted by atomic mass is 9.83. The van der Waals surface area contributed by atoms with Crippen molar-refractivity contribution in [1.29, 1.82) is 0 Å². The monoisotopic (exact) mass is 290 g/mol. The van der Waals surface area contributed by atoms with Crippen LogP contribution in [-0.2, 0) is 9.53 Å². The Morgan fingerprint density at radius 3 is 2.58 bits per heavy atom. The van der Waals surface area contributed by atoms with Crippen LogP contribution in [0.4, 0.5) is 0 Å². The zero-order valence-electron chi connectivity index (χ0n) is 11.6. The van der Waals surface area contributed by atoms with Crippen LogP contribution in [0.5, 0.6) is 0 Å². The molecule has 3 N–H and O–H groups in total. The summed E-state index contributed by atoms with van der Waals surface area (Å²) in [5, 5.41) is 3.00. The molecule has 3 unspecified atom stereocenters. The van der Waals surface area contributed by atoms with Crippen molar-refractivity contribution in [2.45, 2.75) is 63.5 Å². The van der Waals surface area contributed by atoms with Crippen LogP contribution in [0.15, 0.2) is 0 Å². The van der Waals surface area contributed by atoms with Gasteiger partial charge in [0.2, 0.25) is 5.91 Å². The van der Waals surface area contributed by atoms with E-state index in [1.54, 1.807) is 0 Å². The Morgan fingerprint density at radius 2 is 1.89 bits per heavy atom. The van der Waals surface area contributed by atoms with Crippen molar-refractivity contribution in [3.63, 3.8) is 0 Å². The predicted molar refractivity (Wildman–Crippen MR) is 78.4 cm³/mol. The van der Waals surface area contributed by atoms with E-state index in [-0.39, 0.29) is 30.5 Å². The summed E-state index contributed by atoms with van der Waals surface area (Å²) in [4.78, 5) is 11.9. The second kappa shape index (κ2) is 8.77. The fraction of sp³-hybridized carbons (Fsp3) is 0.929. The van der Waals surface area contributed by atoms with Crippen molar-refractivity contribution in [2.75, 3.05) is 13.2 Å². The molecule has 5 heteroatoms. The van der Waals surface area contributed by atoms with Crippen molar-refractivity contribution < 1.29 is 9.53 Å². The topological polar surface area (TPSA) is 64.4 Å². The summed E-state index contributed by atoms with van der Waals surface area (Å²) in [5.41, 5.74) is 6.06. The molecular formula is C14H27ClN2O2. The minimum absolute atomic E-state index is 0. The molecule has 1 heterocycles. The molecule has 2 aliphatic rings. The zero-order chi connectivity index (χ0) is 12.8. The summed E-state index contributed by atoms with van der Waals surface area (Å²) in [7, 11) is 0. The van der Waals surface area contributed by atoms with Crippen molar-refractivity contribution in [2.24, 2.45) is 11.7 Å². The van der Waals surface area contributed by atoms with E-state index in [0.717, 1.165) is 32.3 Å². The Labute approximate surface area is 122 Å². The van der Waals surface area contributed by atoms with Gasteiger partial charge in [0, 0.05) is 25.6 Å². The molecule has 3 atom stereocenters. The molecule has 112 valence electrons. The van der Waals surface area contributed by atoms with Gasteiger partial charge in [0.25, 0.3) is 0 Å². The van der Waals surface area contributed by atoms with Crippen LogP contribution in [0.1, 0.15) is 51.4 Å². The molecule has 0 aromatic carbocycles. The predicted octanol–water partition coefficient (Wildman–Crippen LogP) is 2.00. The molecule has 19 heavy (non-hydrogen) atoms. The average molecular weight is 291 g/mol. The first kappa shape index (κ1) is 16.7. The molecule has 1 aliphatic carbocycles. The largest absolute Gasteiger partial charge is 0.376 e. The van der Waals surface area contributed by atoms with Gasteiger partial charge in [0.15, 0.2) is 0 Å². The summed E-state index contributed by atoms with van der Waals surface area (Å²) in [6.45, 7) is 1.51. The lowest BCUT2D eigenvalue weighted by Gasteiger charge is -2.28. The van der Waals surface area contributed by atoms with Crippen molar-refractivity contribution in [1.82, 2.24) is 5.32 Å². The average Bonchev–Trinajstić information content (AvgIpc) is 2.40. The highest BCUT2D eigenvalue weighted by Gasteiger charge is 2.24. The third-order valence-corrected chi connectivity index (χ3v) is 4.22. The Kier molecular flexibility index (Phi) is 7.73. The standard InChI is InChI=1S/C14H26N2O2.ClH/c15-13-7-2-1-5-11(13)9-14(17)16-10-12-6-3-4-8-18-12;/h11-13H,1-10,15H2,(H,16,17);1H. The first-order valence-electron chi connectivity index (χ1n) is 7.39. The van der Waals surface area contributed by atoms with Crippen LogP contribution in [-0.4, -0.2) is 31.2 Å². The second-order valence-electron chi connectivity index (χ2n) is 5.71. The van der Waals surface area contributed by atoms with E-state index >= 15 is 0 Å². The Balaban J connectivity index is 0.00000180. The lowest BCUT2D eigenvalue weighted by Crippen LogP contribution is -2.40. The van der Waals surface area contributed by atoms with Gasteiger partial charge in [-0.1, -0.05) is 12.8 Å². The first-order valence-corrected chi connectivity index (χ1v) is 7.39. The molecule has 0 spiro atoms. The quantitative estimate of drug-likeness (QED) is 0.832. The van der Waals surface area contributed by atoms with E-state index < -0.39 is 0 Å². The molecule has 2 rings (SSSR count). The van der Waals surface area contributed by atoms with Gasteiger partial charge in [0.05, 0.1) is 6.10 Å². The lowest BCUT2D eigenvalue weighted by molar-refractivity contribution is -0.123. The highest BCUT2D eigenvalue weighted by molar-refractivity contribution is 5.85. The summed E-state index contributed by atoms with van der Waals surface area (Å²) in [6, 6.07) is 0.218. The van der Waals surface area contributed by atoms with Crippen LogP contribution in [0.3, 0.4) is 0 Å². The van der Waals surface area contributed by atoms with E-state index in [4.69, 9.17) is 10.5 Å². The zero-order valence-corrected chi connectivity index (χ0v) is 12.4.